The van der Waals surface area contributed by atoms with E-state index in [1.807, 2.05) is 6.07 Å². The molecule has 7 heteroatoms. The molecule has 0 aliphatic heterocycles. The van der Waals surface area contributed by atoms with E-state index >= 15 is 0 Å². The van der Waals surface area contributed by atoms with Gasteiger partial charge in [-0.2, -0.15) is 5.26 Å². The molecular weight excluding hydrogens is 343 g/mol. The molecule has 0 saturated heterocycles. The first-order valence-electron chi connectivity index (χ1n) is 5.76. The summed E-state index contributed by atoms with van der Waals surface area (Å²) < 4.78 is 19.1. The first-order valence-corrected chi connectivity index (χ1v) is 6.88. The largest absolute Gasteiger partial charge is 0.454 e. The molecule has 0 atom stereocenters. The van der Waals surface area contributed by atoms with Crippen molar-refractivity contribution >= 4 is 21.6 Å². The summed E-state index contributed by atoms with van der Waals surface area (Å²) in [5, 5.41) is 19.8. The molecule has 0 heterocycles. The summed E-state index contributed by atoms with van der Waals surface area (Å²) in [5.74, 6) is -0.449. The van der Waals surface area contributed by atoms with Crippen molar-refractivity contribution in [2.75, 3.05) is 0 Å². The summed E-state index contributed by atoms with van der Waals surface area (Å²) >= 11 is 3.16. The number of ether oxygens (including phenoxy) is 1. The summed E-state index contributed by atoms with van der Waals surface area (Å²) in [6.45, 7) is 0. The van der Waals surface area contributed by atoms with E-state index < -0.39 is 10.7 Å². The molecule has 21 heavy (non-hydrogen) atoms. The highest BCUT2D eigenvalue weighted by molar-refractivity contribution is 9.08. The summed E-state index contributed by atoms with van der Waals surface area (Å²) in [6.07, 6.45) is 0. The molecule has 2 rings (SSSR count). The van der Waals surface area contributed by atoms with Crippen LogP contribution in [0.15, 0.2) is 36.4 Å². The third-order valence-electron chi connectivity index (χ3n) is 2.68. The van der Waals surface area contributed by atoms with E-state index in [0.717, 1.165) is 6.07 Å². The van der Waals surface area contributed by atoms with Gasteiger partial charge in [-0.05, 0) is 30.3 Å². The summed E-state index contributed by atoms with van der Waals surface area (Å²) in [4.78, 5) is 10.3. The number of alkyl halides is 1. The minimum Gasteiger partial charge on any atom is -0.454 e. The van der Waals surface area contributed by atoms with Crippen molar-refractivity contribution in [3.63, 3.8) is 0 Å². The first-order chi connectivity index (χ1) is 10.0. The zero-order valence-electron chi connectivity index (χ0n) is 10.5. The molecule has 0 aliphatic carbocycles. The number of nitro groups is 1. The highest BCUT2D eigenvalue weighted by Crippen LogP contribution is 2.30. The molecule has 0 radical (unpaired) electrons. The minimum absolute atomic E-state index is 0.0421. The molecule has 0 unspecified atom stereocenters. The second kappa shape index (κ2) is 6.33. The Kier molecular flexibility index (Phi) is 4.50. The predicted octanol–water partition coefficient (Wildman–Crippen LogP) is 4.29. The number of hydrogen-bond acceptors (Lipinski definition) is 4. The Morgan fingerprint density at radius 1 is 1.33 bits per heavy atom. The number of benzene rings is 2. The molecule has 0 aliphatic rings. The lowest BCUT2D eigenvalue weighted by Crippen LogP contribution is -1.95. The quantitative estimate of drug-likeness (QED) is 0.468. The van der Waals surface area contributed by atoms with E-state index in [9.17, 15) is 14.5 Å². The van der Waals surface area contributed by atoms with Gasteiger partial charge in [-0.15, -0.1) is 0 Å². The van der Waals surface area contributed by atoms with Gasteiger partial charge < -0.3 is 4.74 Å². The Balaban J connectivity index is 2.32. The number of rotatable bonds is 4. The molecule has 0 bridgehead atoms. The number of nitro benzene ring substituents is 1. The Hall–Kier alpha value is -2.46. The number of nitriles is 1. The van der Waals surface area contributed by atoms with Crippen LogP contribution in [0.5, 0.6) is 11.5 Å². The van der Waals surface area contributed by atoms with Gasteiger partial charge in [-0.1, -0.05) is 15.9 Å². The fraction of sp³-hybridized carbons (Fsp3) is 0.0714. The number of halogens is 2. The van der Waals surface area contributed by atoms with Crippen molar-refractivity contribution < 1.29 is 14.1 Å². The molecule has 0 N–H and O–H groups in total. The smallest absolute Gasteiger partial charge is 0.273 e. The Morgan fingerprint density at radius 2 is 2.10 bits per heavy atom. The third-order valence-corrected chi connectivity index (χ3v) is 3.28. The van der Waals surface area contributed by atoms with Crippen molar-refractivity contribution in [1.82, 2.24) is 0 Å². The fourth-order valence-corrected chi connectivity index (χ4v) is 2.14. The van der Waals surface area contributed by atoms with Gasteiger partial charge in [-0.25, -0.2) is 4.39 Å². The molecule has 0 amide bonds. The summed E-state index contributed by atoms with van der Waals surface area (Å²) in [5.41, 5.74) is 0.566. The lowest BCUT2D eigenvalue weighted by atomic mass is 10.2. The van der Waals surface area contributed by atoms with Crippen LogP contribution in [0.3, 0.4) is 0 Å². The van der Waals surface area contributed by atoms with E-state index in [2.05, 4.69) is 15.9 Å². The number of hydrogen-bond donors (Lipinski definition) is 0. The van der Waals surface area contributed by atoms with Crippen LogP contribution in [0.25, 0.3) is 0 Å². The molecule has 106 valence electrons. The molecular formula is C14H8BrFN2O3. The van der Waals surface area contributed by atoms with Crippen LogP contribution in [-0.4, -0.2) is 4.92 Å². The van der Waals surface area contributed by atoms with Crippen LogP contribution in [0.1, 0.15) is 11.1 Å². The third kappa shape index (κ3) is 3.35. The molecule has 2 aromatic rings. The van der Waals surface area contributed by atoms with E-state index in [0.29, 0.717) is 5.56 Å². The monoisotopic (exact) mass is 350 g/mol. The topological polar surface area (TPSA) is 76.2 Å². The summed E-state index contributed by atoms with van der Waals surface area (Å²) in [7, 11) is 0. The molecule has 0 fully saturated rings. The Morgan fingerprint density at radius 3 is 2.67 bits per heavy atom. The Labute approximate surface area is 127 Å². The zero-order valence-corrected chi connectivity index (χ0v) is 12.1. The van der Waals surface area contributed by atoms with E-state index in [1.54, 1.807) is 0 Å². The van der Waals surface area contributed by atoms with Crippen LogP contribution in [0.4, 0.5) is 10.1 Å². The maximum absolute atomic E-state index is 13.7. The van der Waals surface area contributed by atoms with Crippen molar-refractivity contribution in [2.45, 2.75) is 5.33 Å². The standard InChI is InChI=1S/C14H8BrFN2O3/c15-7-10-6-11(2-3-13(10)18(19)20)21-14-4-1-9(8-17)5-12(14)16/h1-6H,7H2. The normalized spacial score (nSPS) is 9.95. The van der Waals surface area contributed by atoms with Gasteiger partial charge in [0.1, 0.15) is 5.75 Å². The van der Waals surface area contributed by atoms with Crippen molar-refractivity contribution in [3.05, 3.63) is 63.5 Å². The molecule has 0 spiro atoms. The lowest BCUT2D eigenvalue weighted by Gasteiger charge is -2.08. The highest BCUT2D eigenvalue weighted by atomic mass is 79.9. The SMILES string of the molecule is N#Cc1ccc(Oc2ccc([N+](=O)[O-])c(CBr)c2)c(F)c1. The second-order valence-corrected chi connectivity index (χ2v) is 4.60. The lowest BCUT2D eigenvalue weighted by molar-refractivity contribution is -0.385. The van der Waals surface area contributed by atoms with Crippen molar-refractivity contribution in [1.29, 1.82) is 5.26 Å². The van der Waals surface area contributed by atoms with Crippen molar-refractivity contribution in [3.8, 4) is 17.6 Å². The molecule has 5 nitrogen and oxygen atoms in total. The van der Waals surface area contributed by atoms with Crippen LogP contribution in [0.2, 0.25) is 0 Å². The average molecular weight is 351 g/mol. The summed E-state index contributed by atoms with van der Waals surface area (Å²) in [6, 6.07) is 9.80. The average Bonchev–Trinajstić information content (AvgIpc) is 2.48. The second-order valence-electron chi connectivity index (χ2n) is 4.04. The first kappa shape index (κ1) is 14.9. The van der Waals surface area contributed by atoms with Gasteiger partial charge in [0.25, 0.3) is 5.69 Å². The Bertz CT molecular complexity index is 743. The van der Waals surface area contributed by atoms with Crippen molar-refractivity contribution in [2.24, 2.45) is 0 Å². The van der Waals surface area contributed by atoms with Crippen LogP contribution in [-0.2, 0) is 5.33 Å². The van der Waals surface area contributed by atoms with E-state index in [1.165, 1.54) is 30.3 Å². The predicted molar refractivity (Wildman–Crippen MR) is 76.9 cm³/mol. The van der Waals surface area contributed by atoms with Gasteiger partial charge in [0.15, 0.2) is 11.6 Å². The minimum atomic E-state index is -0.673. The van der Waals surface area contributed by atoms with Gasteiger partial charge in [0, 0.05) is 17.0 Å². The van der Waals surface area contributed by atoms with Crippen LogP contribution >= 0.6 is 15.9 Å². The van der Waals surface area contributed by atoms with Gasteiger partial charge in [0.05, 0.1) is 16.6 Å². The molecule has 0 aromatic heterocycles. The number of nitrogens with zero attached hydrogens (tertiary/aromatic N) is 2. The van der Waals surface area contributed by atoms with Crippen LogP contribution in [0, 0.1) is 27.3 Å². The van der Waals surface area contributed by atoms with Gasteiger partial charge in [-0.3, -0.25) is 10.1 Å². The zero-order chi connectivity index (χ0) is 15.4. The van der Waals surface area contributed by atoms with E-state index in [4.69, 9.17) is 10.00 Å². The van der Waals surface area contributed by atoms with Crippen LogP contribution < -0.4 is 4.74 Å². The molecule has 2 aromatic carbocycles. The highest BCUT2D eigenvalue weighted by Gasteiger charge is 2.14. The van der Waals surface area contributed by atoms with Gasteiger partial charge >= 0.3 is 0 Å². The maximum Gasteiger partial charge on any atom is 0.273 e. The maximum atomic E-state index is 13.7. The van der Waals surface area contributed by atoms with Gasteiger partial charge in [0.2, 0.25) is 0 Å². The molecule has 0 saturated carbocycles. The fourth-order valence-electron chi connectivity index (χ4n) is 1.69. The van der Waals surface area contributed by atoms with E-state index in [-0.39, 0.29) is 28.1 Å².